The second-order valence-corrected chi connectivity index (χ2v) is 5.62. The number of para-hydroxylation sites is 1. The van der Waals surface area contributed by atoms with E-state index in [1.165, 1.54) is 19.3 Å². The first kappa shape index (κ1) is 13.1. The molecule has 0 radical (unpaired) electrons. The number of fused-ring (bicyclic) bond motifs is 1. The van der Waals surface area contributed by atoms with Crippen LogP contribution >= 0.6 is 34.2 Å². The van der Waals surface area contributed by atoms with Crippen molar-refractivity contribution >= 4 is 45.1 Å². The van der Waals surface area contributed by atoms with Gasteiger partial charge in [-0.15, -0.1) is 0 Å². The van der Waals surface area contributed by atoms with Gasteiger partial charge in [0.25, 0.3) is 0 Å². The van der Waals surface area contributed by atoms with Crippen molar-refractivity contribution < 1.29 is 0 Å². The lowest BCUT2D eigenvalue weighted by atomic mass is 10.1. The van der Waals surface area contributed by atoms with Crippen LogP contribution in [-0.2, 0) is 6.42 Å². The second-order valence-electron chi connectivity index (χ2n) is 4.16. The standard InChI is InChI=1S/C14H15ClIN/c1-2-3-4-9-12-14(16)13(15)10-7-5-6-8-11(10)17-12/h5-8H,2-4,9H2,1H3. The van der Waals surface area contributed by atoms with Gasteiger partial charge in [-0.3, -0.25) is 4.98 Å². The summed E-state index contributed by atoms with van der Waals surface area (Å²) in [5.41, 5.74) is 2.15. The number of aryl methyl sites for hydroxylation is 1. The minimum Gasteiger partial charge on any atom is -0.252 e. The number of unbranched alkanes of at least 4 members (excludes halogenated alkanes) is 2. The molecule has 3 heteroatoms. The van der Waals surface area contributed by atoms with E-state index in [2.05, 4.69) is 29.5 Å². The molecule has 0 N–H and O–H groups in total. The SMILES string of the molecule is CCCCCc1nc2ccccc2c(Cl)c1I. The molecule has 1 aromatic carbocycles. The van der Waals surface area contributed by atoms with Crippen molar-refractivity contribution in [3.05, 3.63) is 38.6 Å². The van der Waals surface area contributed by atoms with Gasteiger partial charge in [0.15, 0.2) is 0 Å². The van der Waals surface area contributed by atoms with Crippen LogP contribution in [0.3, 0.4) is 0 Å². The summed E-state index contributed by atoms with van der Waals surface area (Å²) < 4.78 is 1.11. The summed E-state index contributed by atoms with van der Waals surface area (Å²) in [6, 6.07) is 8.07. The molecule has 2 aromatic rings. The van der Waals surface area contributed by atoms with Gasteiger partial charge in [-0.05, 0) is 41.5 Å². The first-order valence-corrected chi connectivity index (χ1v) is 7.42. The van der Waals surface area contributed by atoms with Gasteiger partial charge in [-0.2, -0.15) is 0 Å². The molecule has 0 aliphatic rings. The van der Waals surface area contributed by atoms with Gasteiger partial charge in [-0.25, -0.2) is 0 Å². The van der Waals surface area contributed by atoms with Crippen molar-refractivity contribution in [2.45, 2.75) is 32.6 Å². The molecule has 1 heterocycles. The predicted molar refractivity (Wildman–Crippen MR) is 82.7 cm³/mol. The number of pyridine rings is 1. The maximum atomic E-state index is 6.40. The fourth-order valence-corrected chi connectivity index (χ4v) is 2.85. The Kier molecular flexibility index (Phi) is 4.62. The summed E-state index contributed by atoms with van der Waals surface area (Å²) in [5.74, 6) is 0. The predicted octanol–water partition coefficient (Wildman–Crippen LogP) is 5.23. The van der Waals surface area contributed by atoms with Gasteiger partial charge in [0, 0.05) is 5.39 Å². The molecule has 1 nitrogen and oxygen atoms in total. The smallest absolute Gasteiger partial charge is 0.0721 e. The average molecular weight is 360 g/mol. The fraction of sp³-hybridized carbons (Fsp3) is 0.357. The number of aromatic nitrogens is 1. The molecule has 0 fully saturated rings. The lowest BCUT2D eigenvalue weighted by Gasteiger charge is -2.08. The van der Waals surface area contributed by atoms with E-state index in [0.29, 0.717) is 0 Å². The highest BCUT2D eigenvalue weighted by Crippen LogP contribution is 2.30. The molecule has 90 valence electrons. The van der Waals surface area contributed by atoms with E-state index in [1.807, 2.05) is 24.3 Å². The molecule has 0 aliphatic heterocycles. The molecule has 1 aromatic heterocycles. The Labute approximate surface area is 121 Å². The van der Waals surface area contributed by atoms with E-state index in [4.69, 9.17) is 16.6 Å². The van der Waals surface area contributed by atoms with Crippen LogP contribution in [0.4, 0.5) is 0 Å². The Morgan fingerprint density at radius 2 is 2.00 bits per heavy atom. The summed E-state index contributed by atoms with van der Waals surface area (Å²) in [4.78, 5) is 4.72. The Balaban J connectivity index is 2.39. The molecule has 17 heavy (non-hydrogen) atoms. The molecule has 2 rings (SSSR count). The largest absolute Gasteiger partial charge is 0.252 e. The number of benzene rings is 1. The van der Waals surface area contributed by atoms with Crippen molar-refractivity contribution in [1.29, 1.82) is 0 Å². The molecule has 0 aliphatic carbocycles. The minimum atomic E-state index is 0.850. The van der Waals surface area contributed by atoms with Crippen LogP contribution in [0.25, 0.3) is 10.9 Å². The second kappa shape index (κ2) is 6.01. The van der Waals surface area contributed by atoms with Crippen LogP contribution in [0.1, 0.15) is 31.9 Å². The van der Waals surface area contributed by atoms with Crippen LogP contribution in [0.2, 0.25) is 5.02 Å². The van der Waals surface area contributed by atoms with Crippen molar-refractivity contribution in [3.63, 3.8) is 0 Å². The van der Waals surface area contributed by atoms with Crippen LogP contribution in [0.15, 0.2) is 24.3 Å². The van der Waals surface area contributed by atoms with E-state index in [1.54, 1.807) is 0 Å². The van der Waals surface area contributed by atoms with Gasteiger partial charge in [-0.1, -0.05) is 49.6 Å². The number of rotatable bonds is 4. The van der Waals surface area contributed by atoms with Crippen molar-refractivity contribution in [2.24, 2.45) is 0 Å². The monoisotopic (exact) mass is 359 g/mol. The van der Waals surface area contributed by atoms with Crippen LogP contribution in [-0.4, -0.2) is 4.98 Å². The average Bonchev–Trinajstić information content (AvgIpc) is 2.35. The maximum Gasteiger partial charge on any atom is 0.0721 e. The third kappa shape index (κ3) is 2.91. The maximum absolute atomic E-state index is 6.40. The summed E-state index contributed by atoms with van der Waals surface area (Å²) in [5, 5.41) is 1.90. The highest BCUT2D eigenvalue weighted by molar-refractivity contribution is 14.1. The van der Waals surface area contributed by atoms with Crippen LogP contribution in [0.5, 0.6) is 0 Å². The number of hydrogen-bond donors (Lipinski definition) is 0. The quantitative estimate of drug-likeness (QED) is 0.538. The summed E-state index contributed by atoms with van der Waals surface area (Å²) in [6.45, 7) is 2.21. The Morgan fingerprint density at radius 1 is 1.24 bits per heavy atom. The molecule has 0 saturated carbocycles. The number of halogens is 2. The van der Waals surface area contributed by atoms with E-state index < -0.39 is 0 Å². The van der Waals surface area contributed by atoms with Gasteiger partial charge in [0.2, 0.25) is 0 Å². The van der Waals surface area contributed by atoms with Crippen molar-refractivity contribution in [2.75, 3.05) is 0 Å². The number of nitrogens with zero attached hydrogens (tertiary/aromatic N) is 1. The molecule has 0 amide bonds. The molecule has 0 saturated heterocycles. The van der Waals surface area contributed by atoms with Gasteiger partial charge in [0.1, 0.15) is 0 Å². The Bertz CT molecular complexity index is 525. The lowest BCUT2D eigenvalue weighted by molar-refractivity contribution is 0.707. The fourth-order valence-electron chi connectivity index (χ4n) is 1.90. The summed E-state index contributed by atoms with van der Waals surface area (Å²) in [7, 11) is 0. The number of hydrogen-bond acceptors (Lipinski definition) is 1. The summed E-state index contributed by atoms with van der Waals surface area (Å²) >= 11 is 8.71. The van der Waals surface area contributed by atoms with Gasteiger partial charge < -0.3 is 0 Å². The molecular weight excluding hydrogens is 345 g/mol. The zero-order chi connectivity index (χ0) is 12.3. The lowest BCUT2D eigenvalue weighted by Crippen LogP contribution is -1.97. The highest BCUT2D eigenvalue weighted by Gasteiger charge is 2.10. The molecule has 0 bridgehead atoms. The Morgan fingerprint density at radius 3 is 2.76 bits per heavy atom. The molecular formula is C14H15ClIN. The zero-order valence-corrected chi connectivity index (χ0v) is 12.8. The third-order valence-electron chi connectivity index (χ3n) is 2.86. The van der Waals surface area contributed by atoms with Crippen LogP contribution in [0, 0.1) is 3.57 Å². The van der Waals surface area contributed by atoms with Gasteiger partial charge >= 0.3 is 0 Å². The van der Waals surface area contributed by atoms with Crippen molar-refractivity contribution in [3.8, 4) is 0 Å². The van der Waals surface area contributed by atoms with Gasteiger partial charge in [0.05, 0.1) is 19.8 Å². The zero-order valence-electron chi connectivity index (χ0n) is 9.84. The minimum absolute atomic E-state index is 0.850. The Hall–Kier alpha value is -0.350. The highest BCUT2D eigenvalue weighted by atomic mass is 127. The van der Waals surface area contributed by atoms with E-state index >= 15 is 0 Å². The molecule has 0 unspecified atom stereocenters. The summed E-state index contributed by atoms with van der Waals surface area (Å²) in [6.07, 6.45) is 4.70. The molecule has 0 spiro atoms. The third-order valence-corrected chi connectivity index (χ3v) is 4.73. The van der Waals surface area contributed by atoms with Crippen molar-refractivity contribution in [1.82, 2.24) is 4.98 Å². The van der Waals surface area contributed by atoms with E-state index in [-0.39, 0.29) is 0 Å². The first-order chi connectivity index (χ1) is 8.24. The molecule has 0 atom stereocenters. The normalized spacial score (nSPS) is 11.0. The first-order valence-electron chi connectivity index (χ1n) is 5.96. The van der Waals surface area contributed by atoms with E-state index in [0.717, 1.165) is 31.6 Å². The topological polar surface area (TPSA) is 12.9 Å². The van der Waals surface area contributed by atoms with Crippen LogP contribution < -0.4 is 0 Å². The van der Waals surface area contributed by atoms with E-state index in [9.17, 15) is 0 Å².